The highest BCUT2D eigenvalue weighted by molar-refractivity contribution is 4.98. The van der Waals surface area contributed by atoms with Gasteiger partial charge in [0.05, 0.1) is 11.2 Å². The highest BCUT2D eigenvalue weighted by Crippen LogP contribution is 2.51. The fourth-order valence-electron chi connectivity index (χ4n) is 3.64. The van der Waals surface area contributed by atoms with Crippen molar-refractivity contribution in [3.63, 3.8) is 0 Å². The zero-order chi connectivity index (χ0) is 11.9. The van der Waals surface area contributed by atoms with Crippen LogP contribution < -0.4 is 0 Å². The Morgan fingerprint density at radius 3 is 1.67 bits per heavy atom. The van der Waals surface area contributed by atoms with E-state index < -0.39 is 0 Å². The molecule has 1 heteroatoms. The molecule has 0 unspecified atom stereocenters. The first-order valence-electron chi connectivity index (χ1n) is 6.33. The Bertz CT molecular complexity index is 209. The van der Waals surface area contributed by atoms with Crippen LogP contribution >= 0.6 is 0 Å². The van der Waals surface area contributed by atoms with Crippen molar-refractivity contribution >= 4 is 0 Å². The predicted molar refractivity (Wildman–Crippen MR) is 66.0 cm³/mol. The molecule has 15 heavy (non-hydrogen) atoms. The molecule has 0 aromatic heterocycles. The normalized spacial score (nSPS) is 28.0. The molecule has 0 saturated carbocycles. The summed E-state index contributed by atoms with van der Waals surface area (Å²) in [6.07, 6.45) is 3.65. The predicted octanol–water partition coefficient (Wildman–Crippen LogP) is 4.41. The van der Waals surface area contributed by atoms with Gasteiger partial charge in [-0.3, -0.25) is 0 Å². The third-order valence-electron chi connectivity index (χ3n) is 4.04. The minimum Gasteiger partial charge on any atom is -0.370 e. The first-order chi connectivity index (χ1) is 6.63. The summed E-state index contributed by atoms with van der Waals surface area (Å²) in [5.41, 5.74) is 0.523. The highest BCUT2D eigenvalue weighted by atomic mass is 16.5. The van der Waals surface area contributed by atoms with Gasteiger partial charge in [-0.15, -0.1) is 0 Å². The molecular formula is C14H28O. The van der Waals surface area contributed by atoms with E-state index >= 15 is 0 Å². The van der Waals surface area contributed by atoms with E-state index in [9.17, 15) is 0 Å². The molecule has 1 nitrogen and oxygen atoms in total. The Labute approximate surface area is 95.6 Å². The van der Waals surface area contributed by atoms with Crippen molar-refractivity contribution in [2.24, 2.45) is 11.3 Å². The van der Waals surface area contributed by atoms with Crippen LogP contribution in [0.1, 0.15) is 67.7 Å². The molecule has 0 spiro atoms. The lowest BCUT2D eigenvalue weighted by atomic mass is 9.62. The Balaban J connectivity index is 3.00. The average molecular weight is 212 g/mol. The molecule has 0 aromatic carbocycles. The number of hydrogen-bond acceptors (Lipinski definition) is 1. The molecule has 0 N–H and O–H groups in total. The van der Waals surface area contributed by atoms with Gasteiger partial charge in [0.25, 0.3) is 0 Å². The molecule has 1 rings (SSSR count). The molecule has 1 aliphatic heterocycles. The molecule has 90 valence electrons. The van der Waals surface area contributed by atoms with Gasteiger partial charge in [0.1, 0.15) is 0 Å². The van der Waals surface area contributed by atoms with Gasteiger partial charge in [-0.2, -0.15) is 0 Å². The van der Waals surface area contributed by atoms with Crippen LogP contribution in [-0.4, -0.2) is 11.2 Å². The second kappa shape index (κ2) is 3.76. The van der Waals surface area contributed by atoms with Crippen LogP contribution in [0.4, 0.5) is 0 Å². The van der Waals surface area contributed by atoms with Gasteiger partial charge in [0, 0.05) is 0 Å². The summed E-state index contributed by atoms with van der Waals surface area (Å²) in [6, 6.07) is 0. The van der Waals surface area contributed by atoms with Crippen LogP contribution in [0.15, 0.2) is 0 Å². The summed E-state index contributed by atoms with van der Waals surface area (Å²) in [5.74, 6) is 0.741. The van der Waals surface area contributed by atoms with Crippen molar-refractivity contribution in [2.45, 2.75) is 78.9 Å². The van der Waals surface area contributed by atoms with E-state index in [1.807, 2.05) is 0 Å². The molecule has 0 atom stereocenters. The summed E-state index contributed by atoms with van der Waals surface area (Å²) in [7, 11) is 0. The Morgan fingerprint density at radius 2 is 1.40 bits per heavy atom. The number of ether oxygens (including phenoxy) is 1. The second-order valence-corrected chi connectivity index (χ2v) is 6.85. The molecule has 1 saturated heterocycles. The lowest BCUT2D eigenvalue weighted by molar-refractivity contribution is -0.206. The maximum absolute atomic E-state index is 6.17. The molecule has 0 bridgehead atoms. The molecule has 1 heterocycles. The van der Waals surface area contributed by atoms with Crippen LogP contribution in [0, 0.1) is 11.3 Å². The average Bonchev–Trinajstić information content (AvgIpc) is 1.97. The molecule has 0 aromatic rings. The monoisotopic (exact) mass is 212 g/mol. The topological polar surface area (TPSA) is 9.23 Å². The standard InChI is InChI=1S/C14H28O/c1-8-14(11(2)3)9-12(4,5)15-13(6,7)10-14/h11H,8-10H2,1-7H3. The summed E-state index contributed by atoms with van der Waals surface area (Å²) in [6.45, 7) is 16.0. The first kappa shape index (κ1) is 13.0. The minimum absolute atomic E-state index is 0.0298. The minimum atomic E-state index is 0.0298. The van der Waals surface area contributed by atoms with E-state index in [-0.39, 0.29) is 11.2 Å². The van der Waals surface area contributed by atoms with Gasteiger partial charge in [-0.1, -0.05) is 27.2 Å². The third kappa shape index (κ3) is 2.75. The van der Waals surface area contributed by atoms with Crippen molar-refractivity contribution in [1.29, 1.82) is 0 Å². The molecule has 0 radical (unpaired) electrons. The third-order valence-corrected chi connectivity index (χ3v) is 4.04. The van der Waals surface area contributed by atoms with E-state index in [4.69, 9.17) is 4.74 Å². The Kier molecular flexibility index (Phi) is 3.27. The fraction of sp³-hybridized carbons (Fsp3) is 1.00. The molecule has 1 aliphatic rings. The van der Waals surface area contributed by atoms with Crippen molar-refractivity contribution in [2.75, 3.05) is 0 Å². The van der Waals surface area contributed by atoms with Crippen molar-refractivity contribution < 1.29 is 4.74 Å². The van der Waals surface area contributed by atoms with Crippen LogP contribution in [0.2, 0.25) is 0 Å². The van der Waals surface area contributed by atoms with Crippen molar-refractivity contribution in [1.82, 2.24) is 0 Å². The van der Waals surface area contributed by atoms with Gasteiger partial charge >= 0.3 is 0 Å². The highest BCUT2D eigenvalue weighted by Gasteiger charge is 2.48. The van der Waals surface area contributed by atoms with Crippen LogP contribution in [0.25, 0.3) is 0 Å². The summed E-state index contributed by atoms with van der Waals surface area (Å²) < 4.78 is 6.17. The quantitative estimate of drug-likeness (QED) is 0.659. The van der Waals surface area contributed by atoms with Gasteiger partial charge in [-0.05, 0) is 51.9 Å². The van der Waals surface area contributed by atoms with E-state index in [1.165, 1.54) is 19.3 Å². The number of hydrogen-bond donors (Lipinski definition) is 0. The van der Waals surface area contributed by atoms with Crippen LogP contribution in [-0.2, 0) is 4.74 Å². The lowest BCUT2D eigenvalue weighted by Crippen LogP contribution is -2.52. The number of rotatable bonds is 2. The zero-order valence-electron chi connectivity index (χ0n) is 11.6. The van der Waals surface area contributed by atoms with E-state index in [0.29, 0.717) is 5.41 Å². The van der Waals surface area contributed by atoms with Gasteiger partial charge < -0.3 is 4.74 Å². The van der Waals surface area contributed by atoms with E-state index in [0.717, 1.165) is 5.92 Å². The molecule has 0 aliphatic carbocycles. The SMILES string of the molecule is CCC1(C(C)C)CC(C)(C)OC(C)(C)C1. The van der Waals surface area contributed by atoms with Crippen molar-refractivity contribution in [3.05, 3.63) is 0 Å². The largest absolute Gasteiger partial charge is 0.370 e. The van der Waals surface area contributed by atoms with Crippen LogP contribution in [0.3, 0.4) is 0 Å². The lowest BCUT2D eigenvalue weighted by Gasteiger charge is -2.54. The molecule has 1 fully saturated rings. The maximum Gasteiger partial charge on any atom is 0.0639 e. The Morgan fingerprint density at radius 1 is 1.00 bits per heavy atom. The summed E-state index contributed by atoms with van der Waals surface area (Å²) >= 11 is 0. The van der Waals surface area contributed by atoms with E-state index in [2.05, 4.69) is 48.5 Å². The Hall–Kier alpha value is -0.0400. The van der Waals surface area contributed by atoms with E-state index in [1.54, 1.807) is 0 Å². The van der Waals surface area contributed by atoms with Gasteiger partial charge in [0.2, 0.25) is 0 Å². The summed E-state index contributed by atoms with van der Waals surface area (Å²) in [5, 5.41) is 0. The van der Waals surface area contributed by atoms with Gasteiger partial charge in [-0.25, -0.2) is 0 Å². The van der Waals surface area contributed by atoms with Gasteiger partial charge in [0.15, 0.2) is 0 Å². The first-order valence-corrected chi connectivity index (χ1v) is 6.33. The molecule has 0 amide bonds. The fourth-order valence-corrected chi connectivity index (χ4v) is 3.64. The summed E-state index contributed by atoms with van der Waals surface area (Å²) in [4.78, 5) is 0. The van der Waals surface area contributed by atoms with Crippen LogP contribution in [0.5, 0.6) is 0 Å². The zero-order valence-corrected chi connectivity index (χ0v) is 11.6. The second-order valence-electron chi connectivity index (χ2n) is 6.85. The van der Waals surface area contributed by atoms with Crippen molar-refractivity contribution in [3.8, 4) is 0 Å². The maximum atomic E-state index is 6.17. The molecular weight excluding hydrogens is 184 g/mol. The smallest absolute Gasteiger partial charge is 0.0639 e.